The molecule has 19 heavy (non-hydrogen) atoms. The molecular weight excluding hydrogens is 238 g/mol. The van der Waals surface area contributed by atoms with E-state index in [-0.39, 0.29) is 0 Å². The third-order valence-electron chi connectivity index (χ3n) is 2.82. The second kappa shape index (κ2) is 5.04. The summed E-state index contributed by atoms with van der Waals surface area (Å²) in [6, 6.07) is 13.5. The lowest BCUT2D eigenvalue weighted by Crippen LogP contribution is -1.98. The van der Waals surface area contributed by atoms with Gasteiger partial charge in [-0.05, 0) is 30.3 Å². The van der Waals surface area contributed by atoms with Crippen molar-refractivity contribution in [1.29, 1.82) is 0 Å². The van der Waals surface area contributed by atoms with Crippen LogP contribution in [0.4, 0.5) is 0 Å². The van der Waals surface area contributed by atoms with Crippen molar-refractivity contribution in [2.75, 3.05) is 0 Å². The first-order chi connectivity index (χ1) is 9.35. The quantitative estimate of drug-likeness (QED) is 0.777. The molecule has 2 N–H and O–H groups in total. The summed E-state index contributed by atoms with van der Waals surface area (Å²) in [5, 5.41) is 1.09. The minimum atomic E-state index is 0.431. The maximum atomic E-state index is 5.74. The van der Waals surface area contributed by atoms with Crippen molar-refractivity contribution in [2.45, 2.75) is 6.54 Å². The van der Waals surface area contributed by atoms with Crippen molar-refractivity contribution in [1.82, 2.24) is 9.97 Å². The Morgan fingerprint density at radius 1 is 1.00 bits per heavy atom. The molecule has 4 heteroatoms. The number of hydrogen-bond donors (Lipinski definition) is 1. The molecule has 0 aliphatic carbocycles. The van der Waals surface area contributed by atoms with E-state index in [4.69, 9.17) is 10.5 Å². The molecule has 0 unspecified atom stereocenters. The first kappa shape index (κ1) is 11.6. The van der Waals surface area contributed by atoms with E-state index in [0.29, 0.717) is 12.3 Å². The van der Waals surface area contributed by atoms with Gasteiger partial charge in [0, 0.05) is 24.2 Å². The molecule has 4 nitrogen and oxygen atoms in total. The molecule has 0 radical (unpaired) electrons. The zero-order valence-electron chi connectivity index (χ0n) is 10.3. The lowest BCUT2D eigenvalue weighted by atomic mass is 10.2. The summed E-state index contributed by atoms with van der Waals surface area (Å²) in [5.74, 6) is 1.43. The molecule has 0 atom stereocenters. The fourth-order valence-electron chi connectivity index (χ4n) is 1.84. The molecule has 1 aromatic carbocycles. The average molecular weight is 251 g/mol. The normalized spacial score (nSPS) is 10.6. The van der Waals surface area contributed by atoms with E-state index in [1.807, 2.05) is 42.5 Å². The van der Waals surface area contributed by atoms with Crippen molar-refractivity contribution < 1.29 is 4.74 Å². The average Bonchev–Trinajstić information content (AvgIpc) is 2.48. The predicted molar refractivity (Wildman–Crippen MR) is 73.9 cm³/mol. The van der Waals surface area contributed by atoms with Crippen LogP contribution in [0.2, 0.25) is 0 Å². The van der Waals surface area contributed by atoms with Crippen molar-refractivity contribution >= 4 is 10.9 Å². The van der Waals surface area contributed by atoms with E-state index in [1.165, 1.54) is 0 Å². The van der Waals surface area contributed by atoms with Gasteiger partial charge in [0.25, 0.3) is 0 Å². The molecule has 0 bridgehead atoms. The van der Waals surface area contributed by atoms with Crippen molar-refractivity contribution in [2.24, 2.45) is 5.73 Å². The Morgan fingerprint density at radius 2 is 1.89 bits per heavy atom. The van der Waals surface area contributed by atoms with Gasteiger partial charge in [-0.25, -0.2) is 0 Å². The summed E-state index contributed by atoms with van der Waals surface area (Å²) >= 11 is 0. The molecule has 3 rings (SSSR count). The van der Waals surface area contributed by atoms with Gasteiger partial charge >= 0.3 is 0 Å². The van der Waals surface area contributed by atoms with Crippen LogP contribution in [0.3, 0.4) is 0 Å². The number of benzene rings is 1. The highest BCUT2D eigenvalue weighted by Crippen LogP contribution is 2.24. The minimum Gasteiger partial charge on any atom is -0.456 e. The molecule has 2 aromatic heterocycles. The zero-order valence-corrected chi connectivity index (χ0v) is 10.3. The summed E-state index contributed by atoms with van der Waals surface area (Å²) in [7, 11) is 0. The van der Waals surface area contributed by atoms with Crippen LogP contribution in [0.5, 0.6) is 11.5 Å². The molecule has 3 aromatic rings. The minimum absolute atomic E-state index is 0.431. The molecule has 0 amide bonds. The number of nitrogens with two attached hydrogens (primary N) is 1. The highest BCUT2D eigenvalue weighted by atomic mass is 16.5. The molecule has 94 valence electrons. The van der Waals surface area contributed by atoms with Crippen molar-refractivity contribution in [3.63, 3.8) is 0 Å². The SMILES string of the molecule is NCc1ccc(Oc2ccc3cccnc3c2)cn1. The Balaban J connectivity index is 1.87. The third kappa shape index (κ3) is 2.53. The van der Waals surface area contributed by atoms with Gasteiger partial charge in [0.2, 0.25) is 0 Å². The Kier molecular flexibility index (Phi) is 3.08. The highest BCUT2D eigenvalue weighted by Gasteiger charge is 2.00. The molecule has 0 saturated heterocycles. The lowest BCUT2D eigenvalue weighted by molar-refractivity contribution is 0.480. The van der Waals surface area contributed by atoms with Crippen LogP contribution in [0.15, 0.2) is 54.9 Å². The largest absolute Gasteiger partial charge is 0.456 e. The summed E-state index contributed by atoms with van der Waals surface area (Å²) in [5.41, 5.74) is 7.25. The smallest absolute Gasteiger partial charge is 0.145 e. The summed E-state index contributed by atoms with van der Waals surface area (Å²) in [4.78, 5) is 8.49. The van der Waals surface area contributed by atoms with Crippen LogP contribution in [-0.2, 0) is 6.54 Å². The number of aromatic nitrogens is 2. The maximum absolute atomic E-state index is 5.74. The fraction of sp³-hybridized carbons (Fsp3) is 0.0667. The topological polar surface area (TPSA) is 61.0 Å². The van der Waals surface area contributed by atoms with E-state index in [2.05, 4.69) is 9.97 Å². The van der Waals surface area contributed by atoms with E-state index < -0.39 is 0 Å². The second-order valence-corrected chi connectivity index (χ2v) is 4.15. The maximum Gasteiger partial charge on any atom is 0.145 e. The summed E-state index contributed by atoms with van der Waals surface area (Å²) in [6.45, 7) is 0.431. The van der Waals surface area contributed by atoms with Crippen molar-refractivity contribution in [3.8, 4) is 11.5 Å². The summed E-state index contributed by atoms with van der Waals surface area (Å²) in [6.07, 6.45) is 3.44. The molecule has 2 heterocycles. The van der Waals surface area contributed by atoms with Gasteiger partial charge in [0.05, 0.1) is 17.4 Å². The number of nitrogens with zero attached hydrogens (tertiary/aromatic N) is 2. The predicted octanol–water partition coefficient (Wildman–Crippen LogP) is 2.88. The van der Waals surface area contributed by atoms with Crippen LogP contribution >= 0.6 is 0 Å². The lowest BCUT2D eigenvalue weighted by Gasteiger charge is -2.06. The van der Waals surface area contributed by atoms with E-state index in [1.54, 1.807) is 12.4 Å². The standard InChI is InChI=1S/C15H13N3O/c16-9-12-4-6-14(10-18-12)19-13-5-3-11-2-1-7-17-15(11)8-13/h1-8,10H,9,16H2. The van der Waals surface area contributed by atoms with Gasteiger partial charge in [-0.15, -0.1) is 0 Å². The number of hydrogen-bond acceptors (Lipinski definition) is 4. The van der Waals surface area contributed by atoms with Gasteiger partial charge in [-0.1, -0.05) is 6.07 Å². The van der Waals surface area contributed by atoms with Crippen LogP contribution in [0.1, 0.15) is 5.69 Å². The van der Waals surface area contributed by atoms with Gasteiger partial charge in [0.15, 0.2) is 0 Å². The Labute approximate surface area is 110 Å². The summed E-state index contributed by atoms with van der Waals surface area (Å²) < 4.78 is 5.74. The van der Waals surface area contributed by atoms with E-state index in [9.17, 15) is 0 Å². The van der Waals surface area contributed by atoms with Crippen LogP contribution in [0, 0.1) is 0 Å². The Morgan fingerprint density at radius 3 is 2.68 bits per heavy atom. The first-order valence-electron chi connectivity index (χ1n) is 6.03. The van der Waals surface area contributed by atoms with Gasteiger partial charge in [-0.3, -0.25) is 9.97 Å². The van der Waals surface area contributed by atoms with Gasteiger partial charge in [0.1, 0.15) is 11.5 Å². The third-order valence-corrected chi connectivity index (χ3v) is 2.82. The van der Waals surface area contributed by atoms with Gasteiger partial charge in [-0.2, -0.15) is 0 Å². The first-order valence-corrected chi connectivity index (χ1v) is 6.03. The molecular formula is C15H13N3O. The molecule has 0 fully saturated rings. The molecule has 0 aliphatic heterocycles. The number of rotatable bonds is 3. The monoisotopic (exact) mass is 251 g/mol. The molecule has 0 aliphatic rings. The van der Waals surface area contributed by atoms with Crippen LogP contribution in [-0.4, -0.2) is 9.97 Å². The second-order valence-electron chi connectivity index (χ2n) is 4.15. The number of fused-ring (bicyclic) bond motifs is 1. The van der Waals surface area contributed by atoms with Crippen molar-refractivity contribution in [3.05, 3.63) is 60.6 Å². The number of ether oxygens (including phenoxy) is 1. The zero-order chi connectivity index (χ0) is 13.1. The fourth-order valence-corrected chi connectivity index (χ4v) is 1.84. The Hall–Kier alpha value is -2.46. The van der Waals surface area contributed by atoms with Crippen LogP contribution in [0.25, 0.3) is 10.9 Å². The van der Waals surface area contributed by atoms with E-state index >= 15 is 0 Å². The molecule has 0 spiro atoms. The van der Waals surface area contributed by atoms with Crippen LogP contribution < -0.4 is 10.5 Å². The highest BCUT2D eigenvalue weighted by molar-refractivity contribution is 5.79. The van der Waals surface area contributed by atoms with E-state index in [0.717, 1.165) is 22.3 Å². The van der Waals surface area contributed by atoms with Gasteiger partial charge < -0.3 is 10.5 Å². The molecule has 0 saturated carbocycles. The Bertz CT molecular complexity index is 695. The number of pyridine rings is 2.